The summed E-state index contributed by atoms with van der Waals surface area (Å²) in [5.41, 5.74) is 0.781. The summed E-state index contributed by atoms with van der Waals surface area (Å²) in [6.07, 6.45) is 2.90. The first-order valence-electron chi connectivity index (χ1n) is 8.82. The van der Waals surface area contributed by atoms with Crippen molar-refractivity contribution in [2.24, 2.45) is 0 Å². The van der Waals surface area contributed by atoms with Crippen LogP contribution >= 0.6 is 0 Å². The summed E-state index contributed by atoms with van der Waals surface area (Å²) < 4.78 is 28.7. The third kappa shape index (κ3) is 5.18. The summed E-state index contributed by atoms with van der Waals surface area (Å²) in [5, 5.41) is 2.73. The van der Waals surface area contributed by atoms with Gasteiger partial charge < -0.3 is 19.5 Å². The van der Waals surface area contributed by atoms with Crippen LogP contribution in [0.4, 0.5) is 4.39 Å². The zero-order chi connectivity index (χ0) is 20.5. The highest BCUT2D eigenvalue weighted by molar-refractivity contribution is 6.00. The highest BCUT2D eigenvalue weighted by Crippen LogP contribution is 2.34. The molecule has 150 valence electrons. The Kier molecular flexibility index (Phi) is 7.74. The Labute approximate surface area is 162 Å². The molecule has 7 nitrogen and oxygen atoms in total. The number of halogens is 1. The minimum absolute atomic E-state index is 0.0392. The summed E-state index contributed by atoms with van der Waals surface area (Å²) in [5.74, 6) is -1.34. The summed E-state index contributed by atoms with van der Waals surface area (Å²) in [7, 11) is 2.58. The van der Waals surface area contributed by atoms with E-state index in [0.29, 0.717) is 6.61 Å². The van der Waals surface area contributed by atoms with Gasteiger partial charge in [0.2, 0.25) is 0 Å². The number of carbonyl (C=O) groups excluding carboxylic acids is 2. The smallest absolute Gasteiger partial charge is 0.360 e. The van der Waals surface area contributed by atoms with E-state index in [1.54, 1.807) is 12.1 Å². The standard InChI is InChI=1S/C20H23FN2O5/c1-4-5-10-28-17-15(12-22-16(18(17)26-2)20(25)27-3)19(24)23-11-13-6-8-14(21)9-7-13/h6-9,12H,4-5,10-11H2,1-3H3,(H,23,24). The van der Waals surface area contributed by atoms with E-state index in [-0.39, 0.29) is 35.1 Å². The van der Waals surface area contributed by atoms with E-state index in [4.69, 9.17) is 14.2 Å². The second-order valence-electron chi connectivity index (χ2n) is 5.89. The number of pyridine rings is 1. The Balaban J connectivity index is 2.30. The number of ether oxygens (including phenoxy) is 3. The fourth-order valence-corrected chi connectivity index (χ4v) is 2.41. The lowest BCUT2D eigenvalue weighted by Crippen LogP contribution is -2.24. The molecular weight excluding hydrogens is 367 g/mol. The van der Waals surface area contributed by atoms with Crippen LogP contribution < -0.4 is 14.8 Å². The van der Waals surface area contributed by atoms with Gasteiger partial charge in [0.1, 0.15) is 11.4 Å². The number of nitrogens with zero attached hydrogens (tertiary/aromatic N) is 1. The third-order valence-electron chi connectivity index (χ3n) is 3.93. The SMILES string of the molecule is CCCCOc1c(C(=O)NCc2ccc(F)cc2)cnc(C(=O)OC)c1OC. The lowest BCUT2D eigenvalue weighted by molar-refractivity contribution is 0.0588. The molecule has 0 aliphatic carbocycles. The van der Waals surface area contributed by atoms with Crippen LogP contribution in [0.5, 0.6) is 11.5 Å². The predicted octanol–water partition coefficient (Wildman–Crippen LogP) is 3.12. The first-order valence-corrected chi connectivity index (χ1v) is 8.82. The Morgan fingerprint density at radius 3 is 2.46 bits per heavy atom. The maximum atomic E-state index is 13.0. The van der Waals surface area contributed by atoms with E-state index in [1.807, 2.05) is 6.92 Å². The maximum absolute atomic E-state index is 13.0. The van der Waals surface area contributed by atoms with Gasteiger partial charge in [-0.3, -0.25) is 4.79 Å². The molecular formula is C20H23FN2O5. The molecule has 0 aliphatic heterocycles. The van der Waals surface area contributed by atoms with Crippen molar-refractivity contribution in [3.05, 3.63) is 53.1 Å². The number of esters is 1. The molecule has 0 fully saturated rings. The molecule has 8 heteroatoms. The van der Waals surface area contributed by atoms with Crippen molar-refractivity contribution < 1.29 is 28.2 Å². The van der Waals surface area contributed by atoms with Crippen LogP contribution in [0.2, 0.25) is 0 Å². The van der Waals surface area contributed by atoms with Gasteiger partial charge in [-0.1, -0.05) is 25.5 Å². The quantitative estimate of drug-likeness (QED) is 0.523. The molecule has 0 saturated heterocycles. The van der Waals surface area contributed by atoms with Gasteiger partial charge in [0.15, 0.2) is 17.2 Å². The number of carbonyl (C=O) groups is 2. The molecule has 0 spiro atoms. The summed E-state index contributed by atoms with van der Waals surface area (Å²) in [6, 6.07) is 5.79. The first kappa shape index (κ1) is 21.1. The van der Waals surface area contributed by atoms with Crippen LogP contribution in [0.25, 0.3) is 0 Å². The van der Waals surface area contributed by atoms with Crippen molar-refractivity contribution >= 4 is 11.9 Å². The number of nitrogens with one attached hydrogen (secondary N) is 1. The van der Waals surface area contributed by atoms with Gasteiger partial charge in [0.05, 0.1) is 20.8 Å². The summed E-state index contributed by atoms with van der Waals surface area (Å²) in [6.45, 7) is 2.54. The average Bonchev–Trinajstić information content (AvgIpc) is 2.72. The number of hydrogen-bond donors (Lipinski definition) is 1. The largest absolute Gasteiger partial charge is 0.491 e. The van der Waals surface area contributed by atoms with Crippen molar-refractivity contribution in [1.29, 1.82) is 0 Å². The zero-order valence-electron chi connectivity index (χ0n) is 16.1. The molecule has 0 saturated carbocycles. The minimum Gasteiger partial charge on any atom is -0.491 e. The fraction of sp³-hybridized carbons (Fsp3) is 0.350. The van der Waals surface area contributed by atoms with Gasteiger partial charge in [-0.25, -0.2) is 14.2 Å². The minimum atomic E-state index is -0.699. The molecule has 1 amide bonds. The molecule has 2 aromatic rings. The molecule has 0 bridgehead atoms. The average molecular weight is 390 g/mol. The first-order chi connectivity index (χ1) is 13.5. The molecule has 0 aliphatic rings. The van der Waals surface area contributed by atoms with Gasteiger partial charge in [0.25, 0.3) is 5.91 Å². The zero-order valence-corrected chi connectivity index (χ0v) is 16.1. The molecule has 0 unspecified atom stereocenters. The highest BCUT2D eigenvalue weighted by atomic mass is 19.1. The van der Waals surface area contributed by atoms with Crippen molar-refractivity contribution in [3.8, 4) is 11.5 Å². The van der Waals surface area contributed by atoms with Crippen LogP contribution in [0.1, 0.15) is 46.2 Å². The maximum Gasteiger partial charge on any atom is 0.360 e. The van der Waals surface area contributed by atoms with Gasteiger partial charge in [-0.2, -0.15) is 0 Å². The number of hydrogen-bond acceptors (Lipinski definition) is 6. The number of methoxy groups -OCH3 is 2. The van der Waals surface area contributed by atoms with Crippen molar-refractivity contribution in [2.75, 3.05) is 20.8 Å². The van der Waals surface area contributed by atoms with E-state index in [2.05, 4.69) is 10.3 Å². The summed E-state index contributed by atoms with van der Waals surface area (Å²) >= 11 is 0. The van der Waals surface area contributed by atoms with Crippen LogP contribution in [0, 0.1) is 5.82 Å². The van der Waals surface area contributed by atoms with Gasteiger partial charge in [0, 0.05) is 12.7 Å². The van der Waals surface area contributed by atoms with E-state index in [0.717, 1.165) is 18.4 Å². The van der Waals surface area contributed by atoms with Crippen LogP contribution in [0.3, 0.4) is 0 Å². The molecule has 1 aromatic heterocycles. The Morgan fingerprint density at radius 2 is 1.86 bits per heavy atom. The van der Waals surface area contributed by atoms with E-state index in [1.165, 1.54) is 32.5 Å². The highest BCUT2D eigenvalue weighted by Gasteiger charge is 2.25. The normalized spacial score (nSPS) is 10.3. The number of unbranched alkanes of at least 4 members (excludes halogenated alkanes) is 1. The number of benzene rings is 1. The number of aromatic nitrogens is 1. The second-order valence-corrected chi connectivity index (χ2v) is 5.89. The van der Waals surface area contributed by atoms with Crippen LogP contribution in [-0.2, 0) is 11.3 Å². The monoisotopic (exact) mass is 390 g/mol. The molecule has 28 heavy (non-hydrogen) atoms. The fourth-order valence-electron chi connectivity index (χ4n) is 2.41. The van der Waals surface area contributed by atoms with E-state index in [9.17, 15) is 14.0 Å². The lowest BCUT2D eigenvalue weighted by atomic mass is 10.1. The third-order valence-corrected chi connectivity index (χ3v) is 3.93. The van der Waals surface area contributed by atoms with Gasteiger partial charge in [-0.05, 0) is 24.1 Å². The second kappa shape index (κ2) is 10.2. The van der Waals surface area contributed by atoms with Gasteiger partial charge in [-0.15, -0.1) is 0 Å². The predicted molar refractivity (Wildman–Crippen MR) is 100 cm³/mol. The van der Waals surface area contributed by atoms with Crippen LogP contribution in [-0.4, -0.2) is 37.7 Å². The van der Waals surface area contributed by atoms with Crippen molar-refractivity contribution in [2.45, 2.75) is 26.3 Å². The topological polar surface area (TPSA) is 86.8 Å². The van der Waals surface area contributed by atoms with Gasteiger partial charge >= 0.3 is 5.97 Å². The number of rotatable bonds is 9. The molecule has 1 aromatic carbocycles. The Hall–Kier alpha value is -3.16. The molecule has 0 atom stereocenters. The number of amides is 1. The molecule has 1 N–H and O–H groups in total. The molecule has 0 radical (unpaired) electrons. The summed E-state index contributed by atoms with van der Waals surface area (Å²) in [4.78, 5) is 28.6. The van der Waals surface area contributed by atoms with Crippen LogP contribution in [0.15, 0.2) is 30.5 Å². The molecule has 1 heterocycles. The molecule has 2 rings (SSSR count). The van der Waals surface area contributed by atoms with Crippen molar-refractivity contribution in [1.82, 2.24) is 10.3 Å². The lowest BCUT2D eigenvalue weighted by Gasteiger charge is -2.16. The van der Waals surface area contributed by atoms with E-state index >= 15 is 0 Å². The Bertz CT molecular complexity index is 824. The van der Waals surface area contributed by atoms with Crippen molar-refractivity contribution in [3.63, 3.8) is 0 Å². The van der Waals surface area contributed by atoms with E-state index < -0.39 is 11.9 Å². The Morgan fingerprint density at radius 1 is 1.14 bits per heavy atom.